The van der Waals surface area contributed by atoms with Crippen molar-refractivity contribution in [1.29, 1.82) is 0 Å². The monoisotopic (exact) mass is 440 g/mol. The summed E-state index contributed by atoms with van der Waals surface area (Å²) in [6.07, 6.45) is 0. The molecule has 0 saturated carbocycles. The van der Waals surface area contributed by atoms with E-state index in [-0.39, 0.29) is 12.6 Å². The fraction of sp³-hybridized carbons (Fsp3) is 0.133. The fourth-order valence-corrected chi connectivity index (χ4v) is 3.84. The number of halogens is 2. The van der Waals surface area contributed by atoms with Crippen LogP contribution < -0.4 is 0 Å². The molecule has 4 nitrogen and oxygen atoms in total. The normalized spacial score (nSPS) is 10.9. The van der Waals surface area contributed by atoms with Crippen molar-refractivity contribution in [3.05, 3.63) is 54.9 Å². The van der Waals surface area contributed by atoms with Crippen LogP contribution in [0.15, 0.2) is 38.6 Å². The number of ether oxygens (including phenoxy) is 1. The van der Waals surface area contributed by atoms with Crippen molar-refractivity contribution in [2.24, 2.45) is 0 Å². The molecule has 112 valence electrons. The van der Waals surface area contributed by atoms with Gasteiger partial charge in [-0.1, -0.05) is 12.1 Å². The number of rotatable bonds is 3. The average molecular weight is 442 g/mol. The van der Waals surface area contributed by atoms with Crippen molar-refractivity contribution in [3.8, 4) is 0 Å². The predicted octanol–water partition coefficient (Wildman–Crippen LogP) is 4.88. The number of hydrogen-bond donors (Lipinski definition) is 0. The van der Waals surface area contributed by atoms with E-state index in [1.165, 1.54) is 11.3 Å². The molecule has 2 heterocycles. The van der Waals surface area contributed by atoms with Gasteiger partial charge in [-0.15, -0.1) is 11.3 Å². The van der Waals surface area contributed by atoms with Crippen LogP contribution in [0.25, 0.3) is 11.0 Å². The zero-order valence-electron chi connectivity index (χ0n) is 11.5. The van der Waals surface area contributed by atoms with Gasteiger partial charge in [-0.3, -0.25) is 0 Å². The molecule has 0 aliphatic carbocycles. The van der Waals surface area contributed by atoms with Crippen molar-refractivity contribution in [2.75, 3.05) is 0 Å². The number of carbonyl (C=O) groups is 1. The Morgan fingerprint density at radius 3 is 2.55 bits per heavy atom. The quantitative estimate of drug-likeness (QED) is 0.543. The zero-order valence-corrected chi connectivity index (χ0v) is 15.5. The van der Waals surface area contributed by atoms with Crippen molar-refractivity contribution < 1.29 is 9.53 Å². The lowest BCUT2D eigenvalue weighted by Gasteiger charge is -2.07. The van der Waals surface area contributed by atoms with E-state index in [0.717, 1.165) is 25.0 Å². The molecular formula is C15H10Br2N2O2S. The van der Waals surface area contributed by atoms with Gasteiger partial charge in [0.15, 0.2) is 0 Å². The van der Waals surface area contributed by atoms with E-state index in [0.29, 0.717) is 10.6 Å². The van der Waals surface area contributed by atoms with Gasteiger partial charge in [0.1, 0.15) is 11.5 Å². The molecule has 0 spiro atoms. The van der Waals surface area contributed by atoms with E-state index >= 15 is 0 Å². The summed E-state index contributed by atoms with van der Waals surface area (Å²) < 4.78 is 7.04. The van der Waals surface area contributed by atoms with Crippen LogP contribution in [0.2, 0.25) is 0 Å². The second kappa shape index (κ2) is 6.44. The SMILES string of the molecule is Cc1nc2ccccc2nc1COC(=O)c1cc(Br)c(Br)s1. The Morgan fingerprint density at radius 1 is 1.23 bits per heavy atom. The lowest BCUT2D eigenvalue weighted by molar-refractivity contribution is 0.0473. The molecule has 0 aliphatic heterocycles. The number of benzene rings is 1. The van der Waals surface area contributed by atoms with E-state index in [4.69, 9.17) is 4.74 Å². The summed E-state index contributed by atoms with van der Waals surface area (Å²) in [5.74, 6) is -0.370. The number of para-hydroxylation sites is 2. The summed E-state index contributed by atoms with van der Waals surface area (Å²) >= 11 is 8.04. The highest BCUT2D eigenvalue weighted by Gasteiger charge is 2.15. The molecule has 0 unspecified atom stereocenters. The number of thiophene rings is 1. The molecular weight excluding hydrogens is 432 g/mol. The topological polar surface area (TPSA) is 52.1 Å². The van der Waals surface area contributed by atoms with E-state index < -0.39 is 0 Å². The third-order valence-electron chi connectivity index (χ3n) is 3.03. The first-order chi connectivity index (χ1) is 10.5. The summed E-state index contributed by atoms with van der Waals surface area (Å²) in [4.78, 5) is 21.6. The van der Waals surface area contributed by atoms with E-state index in [1.54, 1.807) is 6.07 Å². The minimum atomic E-state index is -0.370. The summed E-state index contributed by atoms with van der Waals surface area (Å²) in [7, 11) is 0. The van der Waals surface area contributed by atoms with Crippen molar-refractivity contribution >= 4 is 60.2 Å². The molecule has 0 saturated heterocycles. The van der Waals surface area contributed by atoms with Crippen molar-refractivity contribution in [2.45, 2.75) is 13.5 Å². The molecule has 0 radical (unpaired) electrons. The number of aryl methyl sites for hydroxylation is 1. The Morgan fingerprint density at radius 2 is 1.91 bits per heavy atom. The van der Waals surface area contributed by atoms with Gasteiger partial charge in [-0.05, 0) is 57.0 Å². The van der Waals surface area contributed by atoms with E-state index in [9.17, 15) is 4.79 Å². The maximum absolute atomic E-state index is 12.1. The van der Waals surface area contributed by atoms with E-state index in [1.807, 2.05) is 31.2 Å². The highest BCUT2D eigenvalue weighted by atomic mass is 79.9. The highest BCUT2D eigenvalue weighted by Crippen LogP contribution is 2.32. The van der Waals surface area contributed by atoms with E-state index in [2.05, 4.69) is 41.8 Å². The van der Waals surface area contributed by atoms with Gasteiger partial charge in [0, 0.05) is 4.47 Å². The highest BCUT2D eigenvalue weighted by molar-refractivity contribution is 9.13. The van der Waals surface area contributed by atoms with Gasteiger partial charge in [-0.25, -0.2) is 14.8 Å². The number of carbonyl (C=O) groups excluding carboxylic acids is 1. The maximum atomic E-state index is 12.1. The predicted molar refractivity (Wildman–Crippen MR) is 93.1 cm³/mol. The van der Waals surface area contributed by atoms with Crippen LogP contribution in [0.4, 0.5) is 0 Å². The maximum Gasteiger partial charge on any atom is 0.348 e. The first kappa shape index (κ1) is 15.6. The Bertz CT molecular complexity index is 844. The zero-order chi connectivity index (χ0) is 15.7. The second-order valence-corrected chi connectivity index (χ2v) is 7.78. The first-order valence-electron chi connectivity index (χ1n) is 6.39. The second-order valence-electron chi connectivity index (χ2n) is 4.55. The lowest BCUT2D eigenvalue weighted by Crippen LogP contribution is -2.07. The van der Waals surface area contributed by atoms with Crippen LogP contribution in [0.3, 0.4) is 0 Å². The Labute approximate surface area is 147 Å². The van der Waals surface area contributed by atoms with Crippen LogP contribution in [0, 0.1) is 6.92 Å². The van der Waals surface area contributed by atoms with Crippen LogP contribution in [-0.4, -0.2) is 15.9 Å². The molecule has 1 aromatic carbocycles. The van der Waals surface area contributed by atoms with Gasteiger partial charge in [0.05, 0.1) is 26.2 Å². The minimum Gasteiger partial charge on any atom is -0.455 e. The molecule has 0 atom stereocenters. The first-order valence-corrected chi connectivity index (χ1v) is 8.79. The molecule has 22 heavy (non-hydrogen) atoms. The number of hydrogen-bond acceptors (Lipinski definition) is 5. The van der Waals surface area contributed by atoms with Gasteiger partial charge < -0.3 is 4.74 Å². The van der Waals surface area contributed by atoms with Crippen LogP contribution in [0.5, 0.6) is 0 Å². The molecule has 0 fully saturated rings. The fourth-order valence-electron chi connectivity index (χ4n) is 1.91. The molecule has 2 aromatic heterocycles. The smallest absolute Gasteiger partial charge is 0.348 e. The molecule has 0 amide bonds. The Hall–Kier alpha value is -1.31. The molecule has 7 heteroatoms. The number of fused-ring (bicyclic) bond motifs is 1. The molecule has 3 aromatic rings. The van der Waals surface area contributed by atoms with Crippen molar-refractivity contribution in [3.63, 3.8) is 0 Å². The van der Waals surface area contributed by atoms with Crippen LogP contribution in [0.1, 0.15) is 21.1 Å². The summed E-state index contributed by atoms with van der Waals surface area (Å²) in [5, 5.41) is 0. The largest absolute Gasteiger partial charge is 0.455 e. The standard InChI is InChI=1S/C15H10Br2N2O2S/c1-8-12(19-11-5-3-2-4-10(11)18-8)7-21-15(20)13-6-9(16)14(17)22-13/h2-6H,7H2,1H3. The number of nitrogens with zero attached hydrogens (tertiary/aromatic N) is 2. The molecule has 0 bridgehead atoms. The van der Waals surface area contributed by atoms with Gasteiger partial charge >= 0.3 is 5.97 Å². The van der Waals surface area contributed by atoms with Gasteiger partial charge in [0.25, 0.3) is 0 Å². The Balaban J connectivity index is 1.78. The Kier molecular flexibility index (Phi) is 4.56. The third-order valence-corrected chi connectivity index (χ3v) is 6.27. The average Bonchev–Trinajstić information content (AvgIpc) is 2.84. The molecule has 0 N–H and O–H groups in total. The summed E-state index contributed by atoms with van der Waals surface area (Å²) in [6, 6.07) is 9.36. The minimum absolute atomic E-state index is 0.107. The third kappa shape index (κ3) is 3.21. The number of aromatic nitrogens is 2. The van der Waals surface area contributed by atoms with Gasteiger partial charge in [-0.2, -0.15) is 0 Å². The van der Waals surface area contributed by atoms with Crippen LogP contribution in [-0.2, 0) is 11.3 Å². The molecule has 0 aliphatic rings. The summed E-state index contributed by atoms with van der Waals surface area (Å²) in [6.45, 7) is 1.97. The number of esters is 1. The molecule has 3 rings (SSSR count). The lowest BCUT2D eigenvalue weighted by atomic mass is 10.2. The van der Waals surface area contributed by atoms with Crippen molar-refractivity contribution in [1.82, 2.24) is 9.97 Å². The summed E-state index contributed by atoms with van der Waals surface area (Å²) in [5.41, 5.74) is 3.06. The van der Waals surface area contributed by atoms with Crippen LogP contribution >= 0.6 is 43.2 Å². The van der Waals surface area contributed by atoms with Gasteiger partial charge in [0.2, 0.25) is 0 Å².